The van der Waals surface area contributed by atoms with Crippen LogP contribution in [0.2, 0.25) is 10.0 Å². The van der Waals surface area contributed by atoms with E-state index in [1.54, 1.807) is 66.3 Å². The summed E-state index contributed by atoms with van der Waals surface area (Å²) in [5, 5.41) is 15.1. The van der Waals surface area contributed by atoms with Crippen LogP contribution in [0.5, 0.6) is 11.5 Å². The highest BCUT2D eigenvalue weighted by atomic mass is 35.5. The third-order valence-corrected chi connectivity index (χ3v) is 7.14. The molecule has 2 aromatic heterocycles. The van der Waals surface area contributed by atoms with Crippen molar-refractivity contribution in [2.45, 2.75) is 32.9 Å². The van der Waals surface area contributed by atoms with Crippen LogP contribution in [-0.4, -0.2) is 45.3 Å². The number of rotatable bonds is 4. The van der Waals surface area contributed by atoms with Gasteiger partial charge in [0.15, 0.2) is 5.69 Å². The fourth-order valence-electron chi connectivity index (χ4n) is 4.42. The molecule has 8 nitrogen and oxygen atoms in total. The van der Waals surface area contributed by atoms with Crippen LogP contribution in [0.4, 0.5) is 0 Å². The number of carbonyl (C=O) groups excluding carboxylic acids is 1. The summed E-state index contributed by atoms with van der Waals surface area (Å²) in [4.78, 5) is 19.4. The van der Waals surface area contributed by atoms with Gasteiger partial charge in [-0.1, -0.05) is 23.2 Å². The maximum absolute atomic E-state index is 13.7. The number of nitriles is 1. The lowest BCUT2D eigenvalue weighted by Gasteiger charge is -2.31. The number of pyridine rings is 1. The van der Waals surface area contributed by atoms with Gasteiger partial charge >= 0.3 is 0 Å². The summed E-state index contributed by atoms with van der Waals surface area (Å²) in [6.45, 7) is 6.00. The maximum Gasteiger partial charge on any atom is 0.274 e. The Kier molecular flexibility index (Phi) is 6.75. The molecule has 2 aromatic carbocycles. The Balaban J connectivity index is 1.80. The summed E-state index contributed by atoms with van der Waals surface area (Å²) < 4.78 is 13.5. The molecular formula is C29H25Cl2N5O3. The van der Waals surface area contributed by atoms with Crippen LogP contribution in [0.15, 0.2) is 48.7 Å². The predicted octanol–water partition coefficient (Wildman–Crippen LogP) is 6.55. The van der Waals surface area contributed by atoms with E-state index in [2.05, 4.69) is 11.1 Å². The van der Waals surface area contributed by atoms with Crippen LogP contribution in [0, 0.1) is 11.3 Å². The van der Waals surface area contributed by atoms with Gasteiger partial charge in [-0.3, -0.25) is 4.79 Å². The van der Waals surface area contributed by atoms with Crippen molar-refractivity contribution >= 4 is 29.1 Å². The highest BCUT2D eigenvalue weighted by molar-refractivity contribution is 6.34. The zero-order chi connectivity index (χ0) is 28.1. The second-order valence-electron chi connectivity index (χ2n) is 10.1. The van der Waals surface area contributed by atoms with Gasteiger partial charge in [-0.25, -0.2) is 9.67 Å². The van der Waals surface area contributed by atoms with Crippen LogP contribution in [-0.2, 0) is 6.61 Å². The summed E-state index contributed by atoms with van der Waals surface area (Å²) in [7, 11) is 3.32. The van der Waals surface area contributed by atoms with Crippen LogP contribution >= 0.6 is 23.2 Å². The Labute approximate surface area is 236 Å². The number of halogens is 2. The number of aromatic nitrogens is 3. The molecule has 0 radical (unpaired) electrons. The minimum atomic E-state index is -0.430. The molecular weight excluding hydrogens is 537 g/mol. The standard InChI is InChI=1S/C29H25Cl2N5O3/c1-29(2,3)35(4)28(37)26-23-15-39-25-13-24(38-5)21(16-6-7-33-19(8-16)14-32)12-22(25)27(23)36(34-26)20-10-17(30)9-18(31)11-20/h6-13H,15H2,1-5H3. The first kappa shape index (κ1) is 26.5. The molecule has 0 saturated heterocycles. The monoisotopic (exact) mass is 561 g/mol. The number of benzene rings is 2. The van der Waals surface area contributed by atoms with E-state index in [1.165, 1.54) is 0 Å². The number of nitrogens with zero attached hydrogens (tertiary/aromatic N) is 5. The SMILES string of the molecule is COc1cc2c(cc1-c1ccnc(C#N)c1)-c1c(c(C(=O)N(C)C(C)(C)C)nn1-c1cc(Cl)cc(Cl)c1)CO2. The lowest BCUT2D eigenvalue weighted by atomic mass is 9.95. The van der Waals surface area contributed by atoms with E-state index >= 15 is 0 Å². The van der Waals surface area contributed by atoms with Gasteiger partial charge in [0.1, 0.15) is 29.9 Å². The third-order valence-electron chi connectivity index (χ3n) is 6.70. The van der Waals surface area contributed by atoms with E-state index < -0.39 is 5.54 Å². The Bertz CT molecular complexity index is 1650. The van der Waals surface area contributed by atoms with Crippen molar-refractivity contribution in [3.05, 3.63) is 75.7 Å². The van der Waals surface area contributed by atoms with E-state index in [9.17, 15) is 10.1 Å². The highest BCUT2D eigenvalue weighted by Crippen LogP contribution is 2.46. The quantitative estimate of drug-likeness (QED) is 0.280. The predicted molar refractivity (Wildman–Crippen MR) is 150 cm³/mol. The van der Waals surface area contributed by atoms with Crippen LogP contribution in [0.25, 0.3) is 28.1 Å². The van der Waals surface area contributed by atoms with Gasteiger partial charge in [0.25, 0.3) is 5.91 Å². The van der Waals surface area contributed by atoms with E-state index in [4.69, 9.17) is 37.8 Å². The first-order valence-corrected chi connectivity index (χ1v) is 12.9. The molecule has 4 aromatic rings. The smallest absolute Gasteiger partial charge is 0.274 e. The Morgan fingerprint density at radius 3 is 2.49 bits per heavy atom. The number of methoxy groups -OCH3 is 1. The molecule has 0 unspecified atom stereocenters. The van der Waals surface area contributed by atoms with Crippen molar-refractivity contribution in [3.63, 3.8) is 0 Å². The molecule has 0 bridgehead atoms. The summed E-state index contributed by atoms with van der Waals surface area (Å²) in [5.74, 6) is 0.891. The van der Waals surface area contributed by atoms with Crippen LogP contribution < -0.4 is 9.47 Å². The number of hydrogen-bond donors (Lipinski definition) is 0. The van der Waals surface area contributed by atoms with Crippen LogP contribution in [0.1, 0.15) is 42.5 Å². The number of ether oxygens (including phenoxy) is 2. The molecule has 0 aliphatic carbocycles. The van der Waals surface area contributed by atoms with Crippen molar-refractivity contribution in [3.8, 4) is 45.6 Å². The molecule has 0 N–H and O–H groups in total. The Morgan fingerprint density at radius 2 is 1.85 bits per heavy atom. The molecule has 0 saturated carbocycles. The average Bonchev–Trinajstić information content (AvgIpc) is 3.30. The van der Waals surface area contributed by atoms with Crippen LogP contribution in [0.3, 0.4) is 0 Å². The summed E-state index contributed by atoms with van der Waals surface area (Å²) in [6.07, 6.45) is 1.58. The zero-order valence-electron chi connectivity index (χ0n) is 22.0. The van der Waals surface area contributed by atoms with Gasteiger partial charge in [0, 0.05) is 51.6 Å². The number of fused-ring (bicyclic) bond motifs is 3. The van der Waals surface area contributed by atoms with Gasteiger partial charge in [0.2, 0.25) is 0 Å². The molecule has 0 atom stereocenters. The Hall–Kier alpha value is -4.06. The molecule has 5 rings (SSSR count). The fourth-order valence-corrected chi connectivity index (χ4v) is 4.93. The first-order chi connectivity index (χ1) is 18.5. The lowest BCUT2D eigenvalue weighted by Crippen LogP contribution is -2.43. The van der Waals surface area contributed by atoms with Crippen molar-refractivity contribution in [1.29, 1.82) is 5.26 Å². The van der Waals surface area contributed by atoms with Gasteiger partial charge in [0.05, 0.1) is 18.5 Å². The third kappa shape index (κ3) is 4.80. The van der Waals surface area contributed by atoms with E-state index in [0.29, 0.717) is 44.1 Å². The van der Waals surface area contributed by atoms with Crippen molar-refractivity contribution in [2.75, 3.05) is 14.2 Å². The minimum absolute atomic E-state index is 0.131. The number of amides is 1. The lowest BCUT2D eigenvalue weighted by molar-refractivity contribution is 0.0646. The molecule has 1 amide bonds. The molecule has 198 valence electrons. The summed E-state index contributed by atoms with van der Waals surface area (Å²) in [6, 6.07) is 14.4. The highest BCUT2D eigenvalue weighted by Gasteiger charge is 2.34. The van der Waals surface area contributed by atoms with Gasteiger partial charge in [-0.05, 0) is 62.7 Å². The van der Waals surface area contributed by atoms with Crippen molar-refractivity contribution < 1.29 is 14.3 Å². The van der Waals surface area contributed by atoms with E-state index in [-0.39, 0.29) is 23.9 Å². The van der Waals surface area contributed by atoms with Gasteiger partial charge in [-0.15, -0.1) is 0 Å². The fraction of sp³-hybridized carbons (Fsp3) is 0.241. The molecule has 3 heterocycles. The summed E-state index contributed by atoms with van der Waals surface area (Å²) in [5.41, 5.74) is 4.21. The Morgan fingerprint density at radius 1 is 1.13 bits per heavy atom. The van der Waals surface area contributed by atoms with Gasteiger partial charge in [-0.2, -0.15) is 10.4 Å². The van der Waals surface area contributed by atoms with Crippen molar-refractivity contribution in [2.24, 2.45) is 0 Å². The average molecular weight is 562 g/mol. The molecule has 1 aliphatic rings. The van der Waals surface area contributed by atoms with Gasteiger partial charge < -0.3 is 14.4 Å². The number of carbonyl (C=O) groups is 1. The normalized spacial score (nSPS) is 12.2. The maximum atomic E-state index is 13.7. The minimum Gasteiger partial charge on any atom is -0.496 e. The van der Waals surface area contributed by atoms with E-state index in [0.717, 1.165) is 11.1 Å². The summed E-state index contributed by atoms with van der Waals surface area (Å²) >= 11 is 12.7. The van der Waals surface area contributed by atoms with E-state index in [1.807, 2.05) is 26.8 Å². The number of hydrogen-bond acceptors (Lipinski definition) is 6. The first-order valence-electron chi connectivity index (χ1n) is 12.1. The second kappa shape index (κ2) is 9.92. The molecule has 39 heavy (non-hydrogen) atoms. The van der Waals surface area contributed by atoms with Crippen molar-refractivity contribution in [1.82, 2.24) is 19.7 Å². The molecule has 1 aliphatic heterocycles. The molecule has 10 heteroatoms. The molecule has 0 spiro atoms. The largest absolute Gasteiger partial charge is 0.496 e. The molecule has 0 fully saturated rings. The topological polar surface area (TPSA) is 93.3 Å². The second-order valence-corrected chi connectivity index (χ2v) is 11.0. The zero-order valence-corrected chi connectivity index (χ0v) is 23.6.